The lowest BCUT2D eigenvalue weighted by molar-refractivity contribution is -0.139. The Kier molecular flexibility index (Phi) is 4.60. The molecule has 0 saturated heterocycles. The molecule has 0 radical (unpaired) electrons. The minimum atomic E-state index is -4.80. The Morgan fingerprint density at radius 3 is 2.43 bits per heavy atom. The van der Waals surface area contributed by atoms with Crippen molar-refractivity contribution in [3.05, 3.63) is 29.3 Å². The molecule has 1 unspecified atom stereocenters. The number of carboxylic acid groups (broad SMARTS) is 1. The molecule has 0 amide bonds. The predicted octanol–water partition coefficient (Wildman–Crippen LogP) is 1.33. The second-order valence-electron chi connectivity index (χ2n) is 4.00. The summed E-state index contributed by atoms with van der Waals surface area (Å²) in [6.45, 7) is 1.05. The van der Waals surface area contributed by atoms with Gasteiger partial charge in [0.15, 0.2) is 0 Å². The van der Waals surface area contributed by atoms with Crippen molar-refractivity contribution in [1.29, 1.82) is 5.26 Å². The fourth-order valence-electron chi connectivity index (χ4n) is 1.38. The van der Waals surface area contributed by atoms with E-state index in [-0.39, 0.29) is 0 Å². The predicted molar refractivity (Wildman–Crippen MR) is 63.6 cm³/mol. The summed E-state index contributed by atoms with van der Waals surface area (Å²) in [6, 6.07) is 1.44. The van der Waals surface area contributed by atoms with E-state index < -0.39 is 44.2 Å². The summed E-state index contributed by atoms with van der Waals surface area (Å²) in [5.74, 6) is -1.45. The van der Waals surface area contributed by atoms with Gasteiger partial charge in [0.25, 0.3) is 0 Å². The van der Waals surface area contributed by atoms with Crippen molar-refractivity contribution >= 4 is 16.0 Å². The molecular formula is C11H9F3N2O4S. The van der Waals surface area contributed by atoms with Gasteiger partial charge >= 0.3 is 12.1 Å². The zero-order valence-corrected chi connectivity index (χ0v) is 11.3. The maximum Gasteiger partial charge on any atom is 0.417 e. The topological polar surface area (TPSA) is 107 Å². The van der Waals surface area contributed by atoms with Gasteiger partial charge in [0, 0.05) is 0 Å². The number of nitrogens with one attached hydrogen (secondary N) is 1. The molecule has 0 heterocycles. The normalized spacial score (nSPS) is 13.5. The van der Waals surface area contributed by atoms with Crippen LogP contribution in [0.2, 0.25) is 0 Å². The van der Waals surface area contributed by atoms with Gasteiger partial charge in [-0.2, -0.15) is 23.2 Å². The Morgan fingerprint density at radius 1 is 1.43 bits per heavy atom. The van der Waals surface area contributed by atoms with Gasteiger partial charge < -0.3 is 5.11 Å². The molecule has 0 bridgehead atoms. The standard InChI is InChI=1S/C11H9F3N2O4S/c1-6(10(17)18)16-21(19,20)8-2-3-9(11(12,13)14)7(4-8)5-15/h2-4,6,16H,1H3,(H,17,18). The molecule has 114 valence electrons. The van der Waals surface area contributed by atoms with E-state index in [0.717, 1.165) is 6.92 Å². The molecule has 0 aliphatic rings. The summed E-state index contributed by atoms with van der Waals surface area (Å²) in [7, 11) is -4.35. The first-order valence-electron chi connectivity index (χ1n) is 5.35. The number of sulfonamides is 1. The largest absolute Gasteiger partial charge is 0.480 e. The Balaban J connectivity index is 3.28. The Hall–Kier alpha value is -2.12. The number of halogens is 3. The maximum absolute atomic E-state index is 12.6. The van der Waals surface area contributed by atoms with Crippen LogP contribution in [0.5, 0.6) is 0 Å². The minimum absolute atomic E-state index is 0.457. The highest BCUT2D eigenvalue weighted by molar-refractivity contribution is 7.89. The maximum atomic E-state index is 12.6. The molecule has 1 atom stereocenters. The third-order valence-corrected chi connectivity index (χ3v) is 3.97. The molecule has 6 nitrogen and oxygen atoms in total. The number of alkyl halides is 3. The summed E-state index contributed by atoms with van der Waals surface area (Å²) in [6.07, 6.45) is -4.80. The molecule has 0 aromatic heterocycles. The van der Waals surface area contributed by atoms with E-state index in [1.54, 1.807) is 4.72 Å². The van der Waals surface area contributed by atoms with E-state index in [2.05, 4.69) is 0 Å². The highest BCUT2D eigenvalue weighted by Gasteiger charge is 2.34. The summed E-state index contributed by atoms with van der Waals surface area (Å²) in [4.78, 5) is 9.96. The molecular weight excluding hydrogens is 313 g/mol. The van der Waals surface area contributed by atoms with Crippen LogP contribution in [0.1, 0.15) is 18.1 Å². The van der Waals surface area contributed by atoms with E-state index in [4.69, 9.17) is 10.4 Å². The third kappa shape index (κ3) is 3.93. The van der Waals surface area contributed by atoms with Crippen LogP contribution in [0.4, 0.5) is 13.2 Å². The summed E-state index contributed by atoms with van der Waals surface area (Å²) in [5.41, 5.74) is -2.14. The highest BCUT2D eigenvalue weighted by atomic mass is 32.2. The molecule has 0 aliphatic carbocycles. The van der Waals surface area contributed by atoms with Crippen LogP contribution in [0.15, 0.2) is 23.1 Å². The van der Waals surface area contributed by atoms with E-state index in [1.807, 2.05) is 0 Å². The van der Waals surface area contributed by atoms with Gasteiger partial charge in [0.05, 0.1) is 22.1 Å². The highest BCUT2D eigenvalue weighted by Crippen LogP contribution is 2.32. The molecule has 0 aliphatic heterocycles. The molecule has 2 N–H and O–H groups in total. The number of aliphatic carboxylic acids is 1. The van der Waals surface area contributed by atoms with E-state index in [0.29, 0.717) is 18.2 Å². The van der Waals surface area contributed by atoms with Crippen molar-refractivity contribution in [3.8, 4) is 6.07 Å². The molecule has 1 rings (SSSR count). The summed E-state index contributed by atoms with van der Waals surface area (Å²) in [5, 5.41) is 17.3. The number of benzene rings is 1. The number of carboxylic acids is 1. The van der Waals surface area contributed by atoms with Gasteiger partial charge in [0.2, 0.25) is 10.0 Å². The second kappa shape index (κ2) is 5.71. The smallest absolute Gasteiger partial charge is 0.417 e. The van der Waals surface area contributed by atoms with Gasteiger partial charge in [-0.05, 0) is 25.1 Å². The number of hydrogen-bond acceptors (Lipinski definition) is 4. The van der Waals surface area contributed by atoms with Gasteiger partial charge in [-0.25, -0.2) is 8.42 Å². The van der Waals surface area contributed by atoms with E-state index in [1.165, 1.54) is 6.07 Å². The first kappa shape index (κ1) is 16.9. The van der Waals surface area contributed by atoms with Crippen molar-refractivity contribution in [2.24, 2.45) is 0 Å². The number of nitriles is 1. The van der Waals surface area contributed by atoms with Crippen LogP contribution in [-0.4, -0.2) is 25.5 Å². The monoisotopic (exact) mass is 322 g/mol. The first-order chi connectivity index (χ1) is 9.49. The summed E-state index contributed by atoms with van der Waals surface area (Å²) < 4.78 is 63.1. The van der Waals surface area contributed by atoms with Crippen molar-refractivity contribution in [2.45, 2.75) is 24.0 Å². The van der Waals surface area contributed by atoms with Crippen LogP contribution in [0, 0.1) is 11.3 Å². The fraction of sp³-hybridized carbons (Fsp3) is 0.273. The van der Waals surface area contributed by atoms with Crippen LogP contribution >= 0.6 is 0 Å². The van der Waals surface area contributed by atoms with Crippen LogP contribution in [-0.2, 0) is 21.0 Å². The minimum Gasteiger partial charge on any atom is -0.480 e. The van der Waals surface area contributed by atoms with Crippen molar-refractivity contribution in [2.75, 3.05) is 0 Å². The van der Waals surface area contributed by atoms with Crippen molar-refractivity contribution in [1.82, 2.24) is 4.72 Å². The summed E-state index contributed by atoms with van der Waals surface area (Å²) >= 11 is 0. The van der Waals surface area contributed by atoms with Crippen molar-refractivity contribution < 1.29 is 31.5 Å². The van der Waals surface area contributed by atoms with E-state index >= 15 is 0 Å². The molecule has 0 fully saturated rings. The van der Waals surface area contributed by atoms with Crippen LogP contribution in [0.25, 0.3) is 0 Å². The molecule has 21 heavy (non-hydrogen) atoms. The first-order valence-corrected chi connectivity index (χ1v) is 6.84. The van der Waals surface area contributed by atoms with E-state index in [9.17, 15) is 26.4 Å². The lowest BCUT2D eigenvalue weighted by atomic mass is 10.1. The second-order valence-corrected chi connectivity index (χ2v) is 5.71. The van der Waals surface area contributed by atoms with Gasteiger partial charge in [-0.1, -0.05) is 0 Å². The number of carbonyl (C=O) groups is 1. The molecule has 0 saturated carbocycles. The zero-order valence-electron chi connectivity index (χ0n) is 10.5. The van der Waals surface area contributed by atoms with Gasteiger partial charge in [-0.15, -0.1) is 0 Å². The Bertz CT molecular complexity index is 707. The average molecular weight is 322 g/mol. The zero-order chi connectivity index (χ0) is 16.4. The van der Waals surface area contributed by atoms with Crippen LogP contribution in [0.3, 0.4) is 0 Å². The number of hydrogen-bond donors (Lipinski definition) is 2. The van der Waals surface area contributed by atoms with Crippen molar-refractivity contribution in [3.63, 3.8) is 0 Å². The lowest BCUT2D eigenvalue weighted by Gasteiger charge is -2.13. The Morgan fingerprint density at radius 2 is 2.00 bits per heavy atom. The molecule has 1 aromatic rings. The fourth-order valence-corrected chi connectivity index (χ4v) is 2.60. The SMILES string of the molecule is CC(NS(=O)(=O)c1ccc(C(F)(F)F)c(C#N)c1)C(=O)O. The molecule has 0 spiro atoms. The molecule has 10 heteroatoms. The van der Waals surface area contributed by atoms with Crippen LogP contribution < -0.4 is 4.72 Å². The number of nitrogens with zero attached hydrogens (tertiary/aromatic N) is 1. The lowest BCUT2D eigenvalue weighted by Crippen LogP contribution is -2.38. The Labute approximate surface area is 117 Å². The quantitative estimate of drug-likeness (QED) is 0.869. The third-order valence-electron chi connectivity index (χ3n) is 2.43. The number of rotatable bonds is 4. The molecule has 1 aromatic carbocycles. The van der Waals surface area contributed by atoms with Gasteiger partial charge in [-0.3, -0.25) is 4.79 Å². The average Bonchev–Trinajstić information content (AvgIpc) is 2.36. The van der Waals surface area contributed by atoms with Gasteiger partial charge in [0.1, 0.15) is 6.04 Å².